The summed E-state index contributed by atoms with van der Waals surface area (Å²) in [5, 5.41) is 4.99. The van der Waals surface area contributed by atoms with Gasteiger partial charge >= 0.3 is 5.97 Å². The van der Waals surface area contributed by atoms with Crippen molar-refractivity contribution >= 4 is 60.9 Å². The van der Waals surface area contributed by atoms with E-state index in [4.69, 9.17) is 14.5 Å². The summed E-state index contributed by atoms with van der Waals surface area (Å²) in [5.74, 6) is -0.177. The smallest absolute Gasteiger partial charge is 0.338 e. The van der Waals surface area contributed by atoms with Crippen molar-refractivity contribution in [2.45, 2.75) is 13.5 Å². The number of rotatable bonds is 9. The molecular formula is C33H25Br2N3O4. The summed E-state index contributed by atoms with van der Waals surface area (Å²) in [6.07, 6.45) is 1.54. The van der Waals surface area contributed by atoms with Gasteiger partial charge in [-0.15, -0.1) is 0 Å². The molecule has 5 aromatic rings. The summed E-state index contributed by atoms with van der Waals surface area (Å²) < 4.78 is 12.7. The first-order valence-electron chi connectivity index (χ1n) is 13.1. The quantitative estimate of drug-likeness (QED) is 0.0966. The van der Waals surface area contributed by atoms with Crippen LogP contribution in [0.1, 0.15) is 38.8 Å². The average molecular weight is 687 g/mol. The molecule has 9 heteroatoms. The van der Waals surface area contributed by atoms with Crippen LogP contribution < -0.4 is 10.2 Å². The maximum Gasteiger partial charge on any atom is 0.338 e. The van der Waals surface area contributed by atoms with Crippen molar-refractivity contribution in [1.82, 2.24) is 10.4 Å². The molecule has 0 spiro atoms. The van der Waals surface area contributed by atoms with Gasteiger partial charge in [-0.25, -0.2) is 15.2 Å². The molecule has 0 aliphatic heterocycles. The molecule has 4 aromatic carbocycles. The largest absolute Gasteiger partial charge is 0.487 e. The zero-order valence-electron chi connectivity index (χ0n) is 22.5. The SMILES string of the molecule is CCOC(=O)c1ccc(COc2c(Br)cc(Br)cc2/C=N\NC(=O)c2cc(-c3ccccc3)nc3ccccc23)cc1. The first-order chi connectivity index (χ1) is 20.4. The Balaban J connectivity index is 1.35. The van der Waals surface area contributed by atoms with E-state index in [2.05, 4.69) is 42.4 Å². The second-order valence-electron chi connectivity index (χ2n) is 9.15. The molecule has 1 heterocycles. The molecule has 0 fully saturated rings. The summed E-state index contributed by atoms with van der Waals surface area (Å²) in [6, 6.07) is 29.8. The molecule has 7 nitrogen and oxygen atoms in total. The number of aromatic nitrogens is 1. The van der Waals surface area contributed by atoms with Crippen LogP contribution in [0.5, 0.6) is 5.75 Å². The predicted octanol–water partition coefficient (Wildman–Crippen LogP) is 7.95. The molecule has 0 atom stereocenters. The number of hydrogen-bond acceptors (Lipinski definition) is 6. The van der Waals surface area contributed by atoms with E-state index in [1.807, 2.05) is 78.9 Å². The lowest BCUT2D eigenvalue weighted by Crippen LogP contribution is -2.18. The number of para-hydroxylation sites is 1. The Hall–Kier alpha value is -4.34. The summed E-state index contributed by atoms with van der Waals surface area (Å²) in [5.41, 5.74) is 7.45. The van der Waals surface area contributed by atoms with Gasteiger partial charge in [0.05, 0.1) is 39.6 Å². The van der Waals surface area contributed by atoms with Crippen molar-refractivity contribution in [3.8, 4) is 17.0 Å². The van der Waals surface area contributed by atoms with Gasteiger partial charge in [0, 0.05) is 21.0 Å². The number of benzene rings is 4. The molecule has 0 saturated carbocycles. The van der Waals surface area contributed by atoms with E-state index in [0.29, 0.717) is 39.2 Å². The highest BCUT2D eigenvalue weighted by Crippen LogP contribution is 2.33. The van der Waals surface area contributed by atoms with Gasteiger partial charge in [-0.3, -0.25) is 4.79 Å². The second-order valence-corrected chi connectivity index (χ2v) is 10.9. The van der Waals surface area contributed by atoms with Gasteiger partial charge in [-0.1, -0.05) is 76.6 Å². The number of esters is 1. The van der Waals surface area contributed by atoms with Crippen LogP contribution >= 0.6 is 31.9 Å². The van der Waals surface area contributed by atoms with Gasteiger partial charge in [-0.2, -0.15) is 5.10 Å². The first-order valence-corrected chi connectivity index (χ1v) is 14.7. The molecule has 210 valence electrons. The van der Waals surface area contributed by atoms with Crippen LogP contribution in [-0.2, 0) is 11.3 Å². The Morgan fingerprint density at radius 3 is 2.43 bits per heavy atom. The van der Waals surface area contributed by atoms with Gasteiger partial charge in [-0.05, 0) is 64.8 Å². The maximum atomic E-state index is 13.3. The van der Waals surface area contributed by atoms with Gasteiger partial charge in [0.15, 0.2) is 0 Å². The highest BCUT2D eigenvalue weighted by atomic mass is 79.9. The van der Waals surface area contributed by atoms with E-state index in [1.54, 1.807) is 25.1 Å². The number of hydrogen-bond donors (Lipinski definition) is 1. The van der Waals surface area contributed by atoms with Gasteiger partial charge in [0.2, 0.25) is 0 Å². The maximum absolute atomic E-state index is 13.3. The van der Waals surface area contributed by atoms with Crippen molar-refractivity contribution in [1.29, 1.82) is 0 Å². The highest BCUT2D eigenvalue weighted by molar-refractivity contribution is 9.11. The van der Waals surface area contributed by atoms with Gasteiger partial charge in [0.25, 0.3) is 5.91 Å². The highest BCUT2D eigenvalue weighted by Gasteiger charge is 2.15. The van der Waals surface area contributed by atoms with E-state index in [9.17, 15) is 9.59 Å². The van der Waals surface area contributed by atoms with E-state index in [1.165, 1.54) is 6.21 Å². The van der Waals surface area contributed by atoms with Crippen molar-refractivity contribution in [3.63, 3.8) is 0 Å². The van der Waals surface area contributed by atoms with E-state index >= 15 is 0 Å². The summed E-state index contributed by atoms with van der Waals surface area (Å²) in [6.45, 7) is 2.34. The van der Waals surface area contributed by atoms with Crippen molar-refractivity contribution < 1.29 is 19.1 Å². The molecule has 1 N–H and O–H groups in total. The van der Waals surface area contributed by atoms with Crippen LogP contribution in [0.15, 0.2) is 111 Å². The Morgan fingerprint density at radius 1 is 0.929 bits per heavy atom. The fourth-order valence-electron chi connectivity index (χ4n) is 4.28. The number of nitrogens with zero attached hydrogens (tertiary/aromatic N) is 2. The molecule has 0 aliphatic rings. The topological polar surface area (TPSA) is 89.9 Å². The normalized spacial score (nSPS) is 11.0. The molecule has 0 unspecified atom stereocenters. The molecule has 42 heavy (non-hydrogen) atoms. The van der Waals surface area contributed by atoms with Crippen LogP contribution in [0.2, 0.25) is 0 Å². The fourth-order valence-corrected chi connectivity index (χ4v) is 5.65. The van der Waals surface area contributed by atoms with Crippen molar-refractivity contribution in [2.75, 3.05) is 6.61 Å². The summed E-state index contributed by atoms with van der Waals surface area (Å²) >= 11 is 7.07. The fraction of sp³-hybridized carbons (Fsp3) is 0.0909. The molecule has 0 radical (unpaired) electrons. The zero-order chi connectivity index (χ0) is 29.5. The molecule has 0 aliphatic carbocycles. The Bertz CT molecular complexity index is 1770. The van der Waals surface area contributed by atoms with Crippen LogP contribution in [0.25, 0.3) is 22.2 Å². The lowest BCUT2D eigenvalue weighted by Gasteiger charge is -2.12. The standard InChI is InChI=1S/C33H25Br2N3O4/c1-2-41-33(40)23-14-12-21(13-15-23)20-42-31-24(16-25(34)17-28(31)35)19-36-38-32(39)27-18-30(22-8-4-3-5-9-22)37-29-11-7-6-10-26(27)29/h3-19H,2,20H2,1H3,(H,38,39)/b36-19-. The molecule has 1 amide bonds. The van der Waals surface area contributed by atoms with Crippen LogP contribution in [0.4, 0.5) is 0 Å². The predicted molar refractivity (Wildman–Crippen MR) is 171 cm³/mol. The monoisotopic (exact) mass is 685 g/mol. The zero-order valence-corrected chi connectivity index (χ0v) is 25.7. The van der Waals surface area contributed by atoms with Crippen molar-refractivity contribution in [3.05, 3.63) is 128 Å². The number of carbonyl (C=O) groups is 2. The van der Waals surface area contributed by atoms with E-state index in [0.717, 1.165) is 26.5 Å². The summed E-state index contributed by atoms with van der Waals surface area (Å²) in [4.78, 5) is 30.0. The first kappa shape index (κ1) is 29.2. The van der Waals surface area contributed by atoms with Gasteiger partial charge < -0.3 is 9.47 Å². The number of hydrazone groups is 1. The van der Waals surface area contributed by atoms with Crippen LogP contribution in [0, 0.1) is 0 Å². The lowest BCUT2D eigenvalue weighted by molar-refractivity contribution is 0.0526. The minimum absolute atomic E-state index is 0.252. The Morgan fingerprint density at radius 2 is 1.67 bits per heavy atom. The third kappa shape index (κ3) is 6.92. The van der Waals surface area contributed by atoms with E-state index in [-0.39, 0.29) is 18.5 Å². The molecule has 0 saturated heterocycles. The number of nitrogens with one attached hydrogen (secondary N) is 1. The lowest BCUT2D eigenvalue weighted by atomic mass is 10.0. The second kappa shape index (κ2) is 13.5. The minimum Gasteiger partial charge on any atom is -0.487 e. The molecule has 5 rings (SSSR count). The number of fused-ring (bicyclic) bond motifs is 1. The summed E-state index contributed by atoms with van der Waals surface area (Å²) in [7, 11) is 0. The van der Waals surface area contributed by atoms with Gasteiger partial charge in [0.1, 0.15) is 12.4 Å². The number of amides is 1. The van der Waals surface area contributed by atoms with Crippen LogP contribution in [0.3, 0.4) is 0 Å². The minimum atomic E-state index is -0.364. The molecule has 1 aromatic heterocycles. The molecule has 0 bridgehead atoms. The Kier molecular flexibility index (Phi) is 9.41. The molecular weight excluding hydrogens is 662 g/mol. The number of halogens is 2. The Labute approximate surface area is 259 Å². The number of ether oxygens (including phenoxy) is 2. The third-order valence-corrected chi connectivity index (χ3v) is 7.33. The number of pyridine rings is 1. The van der Waals surface area contributed by atoms with E-state index < -0.39 is 0 Å². The average Bonchev–Trinajstić information content (AvgIpc) is 3.00. The van der Waals surface area contributed by atoms with Crippen LogP contribution in [-0.4, -0.2) is 29.7 Å². The van der Waals surface area contributed by atoms with Crippen molar-refractivity contribution in [2.24, 2.45) is 5.10 Å². The third-order valence-electron chi connectivity index (χ3n) is 6.29. The number of carbonyl (C=O) groups excluding carboxylic acids is 2.